The molecule has 0 spiro atoms. The summed E-state index contributed by atoms with van der Waals surface area (Å²) >= 11 is 0. The number of benzene rings is 2. The average Bonchev–Trinajstić information content (AvgIpc) is 3.64. The summed E-state index contributed by atoms with van der Waals surface area (Å²) < 4.78 is 14.6. The number of nitro benzene ring substituents is 1. The molecule has 14 nitrogen and oxygen atoms in total. The van der Waals surface area contributed by atoms with Gasteiger partial charge < -0.3 is 19.7 Å². The number of aromatic nitrogens is 5. The van der Waals surface area contributed by atoms with Crippen molar-refractivity contribution in [1.29, 1.82) is 0 Å². The van der Waals surface area contributed by atoms with Crippen molar-refractivity contribution in [1.82, 2.24) is 24.5 Å². The lowest BCUT2D eigenvalue weighted by Gasteiger charge is -2.31. The van der Waals surface area contributed by atoms with Gasteiger partial charge in [-0.15, -0.1) is 5.10 Å². The highest BCUT2D eigenvalue weighted by Gasteiger charge is 2.36. The zero-order valence-electron chi connectivity index (χ0n) is 25.9. The molecule has 4 atom stereocenters. The first-order valence-corrected chi connectivity index (χ1v) is 15.1. The first-order chi connectivity index (χ1) is 21.9. The first-order valence-electron chi connectivity index (χ1n) is 15.1. The molecule has 4 aromatic rings. The van der Waals surface area contributed by atoms with Crippen molar-refractivity contribution in [2.75, 3.05) is 6.61 Å². The molecule has 1 aliphatic heterocycles. The fraction of sp³-hybridized carbons (Fsp3) is 0.438. The molecule has 3 heterocycles. The summed E-state index contributed by atoms with van der Waals surface area (Å²) in [7, 11) is 0. The normalized spacial score (nSPS) is 18.9. The van der Waals surface area contributed by atoms with E-state index >= 15 is 0 Å². The second kappa shape index (κ2) is 13.9. The van der Waals surface area contributed by atoms with Gasteiger partial charge in [0.1, 0.15) is 18.0 Å². The van der Waals surface area contributed by atoms with E-state index < -0.39 is 52.7 Å². The maximum absolute atomic E-state index is 12.7. The van der Waals surface area contributed by atoms with Crippen molar-refractivity contribution in [3.05, 3.63) is 109 Å². The van der Waals surface area contributed by atoms with E-state index in [9.17, 15) is 29.9 Å². The standard InChI is InChI=1S/C32H38N6O8/c1-32(2,3)29(45-19-22-16-37(31(42)33-30(22)41)28-15-26(40)27(18-39)46-28)23-12-11-21(14-25(23)38(43)44)24-17-36(35-34-24)13-7-10-20-8-5-4-6-9-20/h4-6,8-9,11-12,14,16-17,26-29,39-40H,7,10,13,15,18-19H2,1-3H3,(H,33,41,42)/t26-,27+,28+,29?/m0/s1. The van der Waals surface area contributed by atoms with E-state index in [4.69, 9.17) is 9.47 Å². The number of nitro groups is 1. The van der Waals surface area contributed by atoms with Crippen LogP contribution in [0.4, 0.5) is 5.69 Å². The van der Waals surface area contributed by atoms with Gasteiger partial charge in [-0.3, -0.25) is 29.1 Å². The predicted octanol–water partition coefficient (Wildman–Crippen LogP) is 3.28. The lowest BCUT2D eigenvalue weighted by Crippen LogP contribution is -2.35. The molecule has 0 aliphatic carbocycles. The number of ether oxygens (including phenoxy) is 2. The Morgan fingerprint density at radius 1 is 1.17 bits per heavy atom. The van der Waals surface area contributed by atoms with E-state index in [0.717, 1.165) is 17.4 Å². The molecule has 0 saturated carbocycles. The number of hydrogen-bond donors (Lipinski definition) is 3. The molecule has 0 bridgehead atoms. The highest BCUT2D eigenvalue weighted by atomic mass is 16.6. The number of aryl methyl sites for hydroxylation is 2. The van der Waals surface area contributed by atoms with E-state index in [-0.39, 0.29) is 24.3 Å². The minimum atomic E-state index is -0.980. The first kappa shape index (κ1) is 32.9. The molecule has 3 N–H and O–H groups in total. The highest BCUT2D eigenvalue weighted by molar-refractivity contribution is 5.64. The minimum Gasteiger partial charge on any atom is -0.394 e. The number of rotatable bonds is 12. The lowest BCUT2D eigenvalue weighted by molar-refractivity contribution is -0.386. The molecular formula is C32H38N6O8. The van der Waals surface area contributed by atoms with Crippen LogP contribution in [0, 0.1) is 15.5 Å². The molecule has 2 aromatic carbocycles. The van der Waals surface area contributed by atoms with Gasteiger partial charge in [-0.2, -0.15) is 0 Å². The van der Waals surface area contributed by atoms with Crippen LogP contribution < -0.4 is 11.2 Å². The summed E-state index contributed by atoms with van der Waals surface area (Å²) in [5.41, 5.74) is 0.437. The van der Waals surface area contributed by atoms with Gasteiger partial charge in [0.2, 0.25) is 0 Å². The van der Waals surface area contributed by atoms with E-state index in [1.165, 1.54) is 17.8 Å². The summed E-state index contributed by atoms with van der Waals surface area (Å²) in [6, 6.07) is 14.9. The van der Waals surface area contributed by atoms with Crippen LogP contribution in [0.2, 0.25) is 0 Å². The second-order valence-electron chi connectivity index (χ2n) is 12.5. The second-order valence-corrected chi connectivity index (χ2v) is 12.5. The Hall–Kier alpha value is -4.50. The van der Waals surface area contributed by atoms with Crippen LogP contribution in [-0.4, -0.2) is 58.5 Å². The monoisotopic (exact) mass is 634 g/mol. The van der Waals surface area contributed by atoms with Crippen LogP contribution in [0.15, 0.2) is 70.5 Å². The molecule has 0 radical (unpaired) electrons. The van der Waals surface area contributed by atoms with E-state index in [0.29, 0.717) is 23.4 Å². The molecule has 1 saturated heterocycles. The lowest BCUT2D eigenvalue weighted by atomic mass is 9.83. The van der Waals surface area contributed by atoms with Gasteiger partial charge in [-0.1, -0.05) is 62.4 Å². The van der Waals surface area contributed by atoms with Gasteiger partial charge in [0.25, 0.3) is 11.2 Å². The van der Waals surface area contributed by atoms with Gasteiger partial charge in [-0.25, -0.2) is 4.79 Å². The number of H-pyrrole nitrogens is 1. The largest absolute Gasteiger partial charge is 0.394 e. The van der Waals surface area contributed by atoms with Gasteiger partial charge >= 0.3 is 5.69 Å². The molecule has 1 aliphatic rings. The third-order valence-electron chi connectivity index (χ3n) is 7.97. The van der Waals surface area contributed by atoms with Crippen LogP contribution in [0.5, 0.6) is 0 Å². The Kier molecular flexibility index (Phi) is 9.91. The number of hydrogen-bond acceptors (Lipinski definition) is 10. The van der Waals surface area contributed by atoms with Crippen LogP contribution in [0.25, 0.3) is 11.3 Å². The number of aliphatic hydroxyl groups excluding tert-OH is 2. The Morgan fingerprint density at radius 3 is 2.61 bits per heavy atom. The average molecular weight is 635 g/mol. The third kappa shape index (κ3) is 7.48. The topological polar surface area (TPSA) is 188 Å². The molecule has 1 fully saturated rings. The molecular weight excluding hydrogens is 596 g/mol. The van der Waals surface area contributed by atoms with E-state index in [1.54, 1.807) is 23.0 Å². The zero-order chi connectivity index (χ0) is 33.0. The third-order valence-corrected chi connectivity index (χ3v) is 7.97. The maximum atomic E-state index is 12.7. The number of aliphatic hydroxyl groups is 2. The highest BCUT2D eigenvalue weighted by Crippen LogP contribution is 2.42. The van der Waals surface area contributed by atoms with Gasteiger partial charge in [-0.05, 0) is 29.9 Å². The smallest absolute Gasteiger partial charge is 0.330 e. The Labute approximate surface area is 264 Å². The Morgan fingerprint density at radius 2 is 1.93 bits per heavy atom. The van der Waals surface area contributed by atoms with Crippen LogP contribution in [0.3, 0.4) is 0 Å². The van der Waals surface area contributed by atoms with Crippen molar-refractivity contribution in [2.45, 2.75) is 77.7 Å². The van der Waals surface area contributed by atoms with Crippen LogP contribution in [0.1, 0.15) is 62.6 Å². The number of nitrogens with zero attached hydrogens (tertiary/aromatic N) is 5. The predicted molar refractivity (Wildman–Crippen MR) is 167 cm³/mol. The molecule has 5 rings (SSSR count). The molecule has 2 aromatic heterocycles. The fourth-order valence-corrected chi connectivity index (χ4v) is 5.59. The fourth-order valence-electron chi connectivity index (χ4n) is 5.59. The van der Waals surface area contributed by atoms with Crippen molar-refractivity contribution in [3.63, 3.8) is 0 Å². The van der Waals surface area contributed by atoms with E-state index in [2.05, 4.69) is 27.4 Å². The Bertz CT molecular complexity index is 1780. The van der Waals surface area contributed by atoms with Crippen molar-refractivity contribution >= 4 is 5.69 Å². The van der Waals surface area contributed by atoms with Crippen LogP contribution >= 0.6 is 0 Å². The number of aromatic amines is 1. The van der Waals surface area contributed by atoms with E-state index in [1.807, 2.05) is 39.0 Å². The molecule has 46 heavy (non-hydrogen) atoms. The molecule has 1 unspecified atom stereocenters. The summed E-state index contributed by atoms with van der Waals surface area (Å²) in [5.74, 6) is 0. The quantitative estimate of drug-likeness (QED) is 0.154. The van der Waals surface area contributed by atoms with Gasteiger partial charge in [0, 0.05) is 30.8 Å². The SMILES string of the molecule is CC(C)(C)C(OCc1cn([C@H]2C[C@H](O)[C@@H](CO)O2)c(=O)[nH]c1=O)c1ccc(-c2cn(CCCc3ccccc3)nn2)cc1[N+](=O)[O-]. The molecule has 244 valence electrons. The summed E-state index contributed by atoms with van der Waals surface area (Å²) in [4.78, 5) is 39.3. The molecule has 14 heteroatoms. The van der Waals surface area contributed by atoms with Crippen molar-refractivity contribution < 1.29 is 24.6 Å². The minimum absolute atomic E-state index is 0.0437. The van der Waals surface area contributed by atoms with Gasteiger partial charge in [0.15, 0.2) is 0 Å². The number of nitrogens with one attached hydrogen (secondary N) is 1. The van der Waals surface area contributed by atoms with Gasteiger partial charge in [0.05, 0.1) is 47.7 Å². The summed E-state index contributed by atoms with van der Waals surface area (Å²) in [6.45, 7) is 5.54. The summed E-state index contributed by atoms with van der Waals surface area (Å²) in [6.07, 6.45) is 1.28. The summed E-state index contributed by atoms with van der Waals surface area (Å²) in [5, 5.41) is 40.3. The Balaban J connectivity index is 1.35. The van der Waals surface area contributed by atoms with Crippen LogP contribution in [-0.2, 0) is 29.0 Å². The van der Waals surface area contributed by atoms with Crippen molar-refractivity contribution in [2.24, 2.45) is 5.41 Å². The maximum Gasteiger partial charge on any atom is 0.330 e. The zero-order valence-corrected chi connectivity index (χ0v) is 25.9. The van der Waals surface area contributed by atoms with Crippen molar-refractivity contribution in [3.8, 4) is 11.3 Å². The molecule has 0 amide bonds.